The Bertz CT molecular complexity index is 393. The number of aromatic nitrogens is 1. The molecule has 0 aliphatic carbocycles. The van der Waals surface area contributed by atoms with Gasteiger partial charge >= 0.3 is 0 Å². The van der Waals surface area contributed by atoms with Crippen LogP contribution in [0, 0.1) is 27.2 Å². The fourth-order valence-corrected chi connectivity index (χ4v) is 1.70. The molecule has 10 heteroatoms. The molecule has 0 spiro atoms. The molecular formula is C6H7N3O6S. The van der Waals surface area contributed by atoms with Crippen LogP contribution in [0.1, 0.15) is 16.8 Å². The van der Waals surface area contributed by atoms with Crippen LogP contribution in [0.3, 0.4) is 0 Å². The Balaban J connectivity index is 2.70. The normalized spacial score (nSPS) is 11.8. The van der Waals surface area contributed by atoms with Crippen molar-refractivity contribution < 1.29 is 19.8 Å². The summed E-state index contributed by atoms with van der Waals surface area (Å²) >= 11 is 1.11. The van der Waals surface area contributed by atoms with E-state index in [1.165, 1.54) is 0 Å². The summed E-state index contributed by atoms with van der Waals surface area (Å²) in [6, 6.07) is 0. The molecule has 16 heavy (non-hydrogen) atoms. The molecule has 0 saturated carbocycles. The molecule has 1 atom stereocenters. The highest BCUT2D eigenvalue weighted by atomic mass is 32.1. The highest BCUT2D eigenvalue weighted by Crippen LogP contribution is 2.21. The molecule has 0 bridgehead atoms. The zero-order valence-corrected chi connectivity index (χ0v) is 8.88. The van der Waals surface area contributed by atoms with E-state index in [9.17, 15) is 20.2 Å². The van der Waals surface area contributed by atoms with Crippen LogP contribution in [0.2, 0.25) is 0 Å². The molecule has 1 unspecified atom stereocenters. The molecule has 1 aromatic rings. The SMILES string of the molecule is Cc1csc(C(CO[N+](=O)[O-])O[N+](=O)[O-])n1. The topological polar surface area (TPSA) is 118 Å². The van der Waals surface area contributed by atoms with E-state index in [1.54, 1.807) is 12.3 Å². The fraction of sp³-hybridized carbons (Fsp3) is 0.500. The maximum atomic E-state index is 10.2. The standard InChI is InChI=1S/C6H7N3O6S/c1-4-3-16-6(7-4)5(15-9(12)13)2-14-8(10)11/h3,5H,2H2,1H3. The van der Waals surface area contributed by atoms with E-state index in [-0.39, 0.29) is 5.01 Å². The molecule has 0 radical (unpaired) electrons. The maximum Gasteiger partial charge on any atom is 0.295 e. The van der Waals surface area contributed by atoms with Crippen LogP contribution in [-0.2, 0) is 9.68 Å². The van der Waals surface area contributed by atoms with Crippen molar-refractivity contribution >= 4 is 11.3 Å². The predicted molar refractivity (Wildman–Crippen MR) is 50.6 cm³/mol. The number of thiazole rings is 1. The first kappa shape index (κ1) is 12.1. The van der Waals surface area contributed by atoms with E-state index in [2.05, 4.69) is 14.7 Å². The van der Waals surface area contributed by atoms with Crippen molar-refractivity contribution in [1.29, 1.82) is 0 Å². The van der Waals surface area contributed by atoms with E-state index in [4.69, 9.17) is 0 Å². The van der Waals surface area contributed by atoms with Crippen LogP contribution in [0.15, 0.2) is 5.38 Å². The summed E-state index contributed by atoms with van der Waals surface area (Å²) in [5, 5.41) is 20.0. The Morgan fingerprint density at radius 1 is 1.50 bits per heavy atom. The van der Waals surface area contributed by atoms with Crippen molar-refractivity contribution in [3.63, 3.8) is 0 Å². The van der Waals surface area contributed by atoms with Gasteiger partial charge in [-0.1, -0.05) is 0 Å². The van der Waals surface area contributed by atoms with E-state index >= 15 is 0 Å². The zero-order chi connectivity index (χ0) is 12.1. The lowest BCUT2D eigenvalue weighted by atomic mass is 10.4. The zero-order valence-electron chi connectivity index (χ0n) is 8.06. The quantitative estimate of drug-likeness (QED) is 0.543. The third kappa shape index (κ3) is 3.65. The van der Waals surface area contributed by atoms with Gasteiger partial charge in [-0.05, 0) is 6.92 Å². The van der Waals surface area contributed by atoms with Crippen LogP contribution in [0.25, 0.3) is 0 Å². The third-order valence-electron chi connectivity index (χ3n) is 1.46. The monoisotopic (exact) mass is 249 g/mol. The minimum absolute atomic E-state index is 0.260. The van der Waals surface area contributed by atoms with Crippen molar-refractivity contribution in [2.45, 2.75) is 13.0 Å². The molecule has 1 aromatic heterocycles. The van der Waals surface area contributed by atoms with E-state index in [1.807, 2.05) is 0 Å². The lowest BCUT2D eigenvalue weighted by Crippen LogP contribution is -2.17. The first-order chi connectivity index (χ1) is 7.49. The predicted octanol–water partition coefficient (Wildman–Crippen LogP) is 0.909. The Morgan fingerprint density at radius 3 is 2.62 bits per heavy atom. The van der Waals surface area contributed by atoms with E-state index < -0.39 is 22.9 Å². The molecule has 0 saturated heterocycles. The van der Waals surface area contributed by atoms with Crippen LogP contribution in [-0.4, -0.2) is 21.8 Å². The van der Waals surface area contributed by atoms with Crippen LogP contribution < -0.4 is 0 Å². The van der Waals surface area contributed by atoms with Gasteiger partial charge in [0.15, 0.2) is 6.10 Å². The summed E-state index contributed by atoms with van der Waals surface area (Å²) in [6.07, 6.45) is -1.18. The third-order valence-corrected chi connectivity index (χ3v) is 2.51. The second-order valence-corrected chi connectivity index (χ2v) is 3.55. The highest BCUT2D eigenvalue weighted by molar-refractivity contribution is 7.09. The molecule has 0 aliphatic rings. The first-order valence-corrected chi connectivity index (χ1v) is 4.87. The van der Waals surface area contributed by atoms with Gasteiger partial charge in [0.2, 0.25) is 0 Å². The molecule has 88 valence electrons. The van der Waals surface area contributed by atoms with Crippen LogP contribution in [0.4, 0.5) is 0 Å². The van der Waals surface area contributed by atoms with Crippen LogP contribution >= 0.6 is 11.3 Å². The van der Waals surface area contributed by atoms with Gasteiger partial charge < -0.3 is 9.68 Å². The largest absolute Gasteiger partial charge is 0.311 e. The average Bonchev–Trinajstić information content (AvgIpc) is 2.58. The van der Waals surface area contributed by atoms with Crippen molar-refractivity contribution in [3.05, 3.63) is 36.3 Å². The maximum absolute atomic E-state index is 10.2. The van der Waals surface area contributed by atoms with Gasteiger partial charge in [0.05, 0.1) is 0 Å². The van der Waals surface area contributed by atoms with Gasteiger partial charge in [-0.15, -0.1) is 31.6 Å². The van der Waals surface area contributed by atoms with Crippen molar-refractivity contribution in [3.8, 4) is 0 Å². The lowest BCUT2D eigenvalue weighted by molar-refractivity contribution is -0.792. The van der Waals surface area contributed by atoms with Crippen molar-refractivity contribution in [1.82, 2.24) is 4.98 Å². The molecule has 0 aliphatic heterocycles. The van der Waals surface area contributed by atoms with Gasteiger partial charge in [-0.3, -0.25) is 0 Å². The van der Waals surface area contributed by atoms with Gasteiger partial charge in [0, 0.05) is 11.1 Å². The number of rotatable bonds is 6. The summed E-state index contributed by atoms with van der Waals surface area (Å²) in [5.74, 6) is 0. The summed E-state index contributed by atoms with van der Waals surface area (Å²) < 4.78 is 0. The summed E-state index contributed by atoms with van der Waals surface area (Å²) in [4.78, 5) is 32.3. The second-order valence-electron chi connectivity index (χ2n) is 2.66. The summed E-state index contributed by atoms with van der Waals surface area (Å²) in [7, 11) is 0. The molecule has 0 N–H and O–H groups in total. The average molecular weight is 249 g/mol. The number of hydrogen-bond donors (Lipinski definition) is 0. The van der Waals surface area contributed by atoms with Gasteiger partial charge in [-0.25, -0.2) is 4.98 Å². The minimum atomic E-state index is -1.18. The first-order valence-electron chi connectivity index (χ1n) is 3.99. The Labute approximate surface area is 92.8 Å². The second kappa shape index (κ2) is 5.21. The van der Waals surface area contributed by atoms with E-state index in [0.29, 0.717) is 5.69 Å². The number of aryl methyl sites for hydroxylation is 1. The Hall–Kier alpha value is -1.97. The van der Waals surface area contributed by atoms with E-state index in [0.717, 1.165) is 11.3 Å². The Kier molecular flexibility index (Phi) is 3.94. The molecule has 1 heterocycles. The van der Waals surface area contributed by atoms with Crippen LogP contribution in [0.5, 0.6) is 0 Å². The van der Waals surface area contributed by atoms with Gasteiger partial charge in [-0.2, -0.15) is 0 Å². The molecule has 0 amide bonds. The fourth-order valence-electron chi connectivity index (χ4n) is 0.899. The highest BCUT2D eigenvalue weighted by Gasteiger charge is 2.21. The molecular weight excluding hydrogens is 242 g/mol. The van der Waals surface area contributed by atoms with Crippen molar-refractivity contribution in [2.24, 2.45) is 0 Å². The molecule has 1 rings (SSSR count). The lowest BCUT2D eigenvalue weighted by Gasteiger charge is -2.10. The Morgan fingerprint density at radius 2 is 2.19 bits per heavy atom. The summed E-state index contributed by atoms with van der Waals surface area (Å²) in [5.41, 5.74) is 0.651. The minimum Gasteiger partial charge on any atom is -0.311 e. The van der Waals surface area contributed by atoms with Gasteiger partial charge in [0.1, 0.15) is 11.6 Å². The summed E-state index contributed by atoms with van der Waals surface area (Å²) in [6.45, 7) is 1.12. The number of hydrogen-bond acceptors (Lipinski definition) is 8. The van der Waals surface area contributed by atoms with Gasteiger partial charge in [0.25, 0.3) is 10.2 Å². The number of nitrogens with zero attached hydrogens (tertiary/aromatic N) is 3. The molecule has 0 aromatic carbocycles. The van der Waals surface area contributed by atoms with Crippen molar-refractivity contribution in [2.75, 3.05) is 6.61 Å². The smallest absolute Gasteiger partial charge is 0.295 e. The molecule has 0 fully saturated rings. The molecule has 9 nitrogen and oxygen atoms in total.